The molecular weight excluding hydrogens is 502 g/mol. The van der Waals surface area contributed by atoms with E-state index in [1.54, 1.807) is 30.2 Å². The van der Waals surface area contributed by atoms with Crippen molar-refractivity contribution >= 4 is 29.7 Å². The summed E-state index contributed by atoms with van der Waals surface area (Å²) in [6.07, 6.45) is 6.60. The maximum Gasteiger partial charge on any atom is 0.253 e. The molecule has 3 aromatic rings. The molecule has 0 saturated carbocycles. The highest BCUT2D eigenvalue weighted by Crippen LogP contribution is 2.33. The number of benzene rings is 1. The van der Waals surface area contributed by atoms with Crippen LogP contribution in [0.5, 0.6) is 11.5 Å². The second kappa shape index (κ2) is 12.2. The van der Waals surface area contributed by atoms with Gasteiger partial charge in [-0.3, -0.25) is 14.6 Å². The number of rotatable bonds is 9. The first-order valence-electron chi connectivity index (χ1n) is 12.8. The fourth-order valence-corrected chi connectivity index (χ4v) is 5.40. The van der Waals surface area contributed by atoms with E-state index in [4.69, 9.17) is 18.9 Å². The molecule has 1 saturated heterocycles. The maximum absolute atomic E-state index is 13.0. The van der Waals surface area contributed by atoms with E-state index in [1.165, 1.54) is 0 Å². The molecule has 0 unspecified atom stereocenters. The van der Waals surface area contributed by atoms with Crippen LogP contribution in [0.25, 0.3) is 6.08 Å². The number of hydrogen-bond acceptors (Lipinski definition) is 7. The molecular formula is C29H31N3O5S. The number of likely N-dealkylation sites (tertiary alicyclic amines) is 1. The Balaban J connectivity index is 1.13. The lowest BCUT2D eigenvalue weighted by Crippen LogP contribution is -2.37. The van der Waals surface area contributed by atoms with Crippen LogP contribution in [0.4, 0.5) is 0 Å². The number of carbonyl (C=O) groups is 2. The Hall–Kier alpha value is -3.72. The van der Waals surface area contributed by atoms with Crippen molar-refractivity contribution in [2.45, 2.75) is 31.4 Å². The van der Waals surface area contributed by atoms with Gasteiger partial charge < -0.3 is 24.1 Å². The molecule has 2 aliphatic rings. The molecule has 0 bridgehead atoms. The lowest BCUT2D eigenvalue weighted by Gasteiger charge is -2.32. The summed E-state index contributed by atoms with van der Waals surface area (Å²) >= 11 is 1.71. The minimum absolute atomic E-state index is 0.0247. The minimum atomic E-state index is -0.101. The Bertz CT molecular complexity index is 1300. The van der Waals surface area contributed by atoms with E-state index in [9.17, 15) is 9.59 Å². The zero-order valence-corrected chi connectivity index (χ0v) is 22.2. The number of ether oxygens (including phenoxy) is 2. The molecule has 1 fully saturated rings. The number of nitrogens with one attached hydrogen (secondary N) is 1. The molecule has 0 radical (unpaired) electrons. The Morgan fingerprint density at radius 1 is 1.13 bits per heavy atom. The third kappa shape index (κ3) is 6.39. The van der Waals surface area contributed by atoms with Crippen molar-refractivity contribution < 1.29 is 23.5 Å². The molecule has 5 rings (SSSR count). The molecule has 38 heavy (non-hydrogen) atoms. The second-order valence-electron chi connectivity index (χ2n) is 9.32. The van der Waals surface area contributed by atoms with Crippen molar-refractivity contribution in [2.24, 2.45) is 0 Å². The molecule has 1 aromatic carbocycles. The van der Waals surface area contributed by atoms with Crippen LogP contribution in [0.15, 0.2) is 59.2 Å². The fourth-order valence-electron chi connectivity index (χ4n) is 4.64. The summed E-state index contributed by atoms with van der Waals surface area (Å²) in [7, 11) is 0. The van der Waals surface area contributed by atoms with Crippen LogP contribution in [0.3, 0.4) is 0 Å². The van der Waals surface area contributed by atoms with E-state index in [-0.39, 0.29) is 24.5 Å². The van der Waals surface area contributed by atoms with Crippen LogP contribution < -0.4 is 14.8 Å². The van der Waals surface area contributed by atoms with Gasteiger partial charge in [-0.05, 0) is 67.8 Å². The number of pyridine rings is 1. The SMILES string of the molecule is Cc1ccc(C(=O)NCCSCc2ccco2)c(C2CCN(C(=O)C=Cc3ccc4c(c3)OCO4)CC2)n1. The van der Waals surface area contributed by atoms with Crippen LogP contribution in [0.2, 0.25) is 0 Å². The van der Waals surface area contributed by atoms with Crippen molar-refractivity contribution in [1.29, 1.82) is 0 Å². The molecule has 1 N–H and O–H groups in total. The summed E-state index contributed by atoms with van der Waals surface area (Å²) in [5.74, 6) is 3.92. The summed E-state index contributed by atoms with van der Waals surface area (Å²) in [4.78, 5) is 32.4. The van der Waals surface area contributed by atoms with Gasteiger partial charge in [-0.15, -0.1) is 0 Å². The van der Waals surface area contributed by atoms with Gasteiger partial charge in [0.2, 0.25) is 12.7 Å². The monoisotopic (exact) mass is 533 g/mol. The van der Waals surface area contributed by atoms with E-state index in [0.717, 1.165) is 52.8 Å². The number of amides is 2. The molecule has 9 heteroatoms. The lowest BCUT2D eigenvalue weighted by molar-refractivity contribution is -0.127. The molecule has 0 aliphatic carbocycles. The van der Waals surface area contributed by atoms with Crippen molar-refractivity contribution in [1.82, 2.24) is 15.2 Å². The quantitative estimate of drug-likeness (QED) is 0.312. The number of aromatic nitrogens is 1. The summed E-state index contributed by atoms with van der Waals surface area (Å²) in [5.41, 5.74) is 3.22. The first-order valence-corrected chi connectivity index (χ1v) is 13.9. The van der Waals surface area contributed by atoms with Crippen molar-refractivity contribution in [2.75, 3.05) is 32.2 Å². The van der Waals surface area contributed by atoms with Gasteiger partial charge in [0.15, 0.2) is 11.5 Å². The van der Waals surface area contributed by atoms with Crippen LogP contribution >= 0.6 is 11.8 Å². The second-order valence-corrected chi connectivity index (χ2v) is 10.4. The molecule has 198 valence electrons. The molecule has 8 nitrogen and oxygen atoms in total. The number of carbonyl (C=O) groups excluding carboxylic acids is 2. The number of thioether (sulfide) groups is 1. The van der Waals surface area contributed by atoms with Crippen molar-refractivity contribution in [3.8, 4) is 11.5 Å². The zero-order valence-electron chi connectivity index (χ0n) is 21.4. The van der Waals surface area contributed by atoms with Crippen LogP contribution in [-0.4, -0.2) is 53.9 Å². The largest absolute Gasteiger partial charge is 0.468 e. The Kier molecular flexibility index (Phi) is 8.33. The van der Waals surface area contributed by atoms with Gasteiger partial charge in [-0.1, -0.05) is 6.07 Å². The van der Waals surface area contributed by atoms with E-state index in [1.807, 2.05) is 54.3 Å². The summed E-state index contributed by atoms with van der Waals surface area (Å²) in [5, 5.41) is 3.03. The van der Waals surface area contributed by atoms with Crippen LogP contribution in [0, 0.1) is 6.92 Å². The first-order chi connectivity index (χ1) is 18.6. The van der Waals surface area contributed by atoms with Crippen LogP contribution in [-0.2, 0) is 10.5 Å². The zero-order chi connectivity index (χ0) is 26.3. The lowest BCUT2D eigenvalue weighted by atomic mass is 9.89. The Labute approximate surface area is 226 Å². The van der Waals surface area contributed by atoms with Gasteiger partial charge in [-0.25, -0.2) is 0 Å². The number of piperidine rings is 1. The van der Waals surface area contributed by atoms with Gasteiger partial charge in [0.25, 0.3) is 5.91 Å². The number of furan rings is 1. The third-order valence-electron chi connectivity index (χ3n) is 6.67. The van der Waals surface area contributed by atoms with E-state index in [2.05, 4.69) is 5.32 Å². The van der Waals surface area contributed by atoms with Crippen molar-refractivity contribution in [3.05, 3.63) is 83.1 Å². The number of aryl methyl sites for hydroxylation is 1. The average molecular weight is 534 g/mol. The van der Waals surface area contributed by atoms with E-state index in [0.29, 0.717) is 30.9 Å². The third-order valence-corrected chi connectivity index (χ3v) is 7.65. The molecule has 0 atom stereocenters. The van der Waals surface area contributed by atoms with Gasteiger partial charge in [0.1, 0.15) is 5.76 Å². The Morgan fingerprint density at radius 3 is 2.79 bits per heavy atom. The molecule has 4 heterocycles. The summed E-state index contributed by atoms with van der Waals surface area (Å²) in [6.45, 7) is 3.97. The van der Waals surface area contributed by atoms with Gasteiger partial charge in [-0.2, -0.15) is 11.8 Å². The predicted molar refractivity (Wildman–Crippen MR) is 146 cm³/mol. The standard InChI is InChI=1S/C29H31N3O5S/c1-20-4-7-24(29(34)30-12-16-38-18-23-3-2-15-35-23)28(31-20)22-10-13-32(14-11-22)27(33)9-6-21-5-8-25-26(17-21)37-19-36-25/h2-9,15,17,22H,10-14,16,18-19H2,1H3,(H,30,34). The number of hydrogen-bond donors (Lipinski definition) is 1. The van der Waals surface area contributed by atoms with Gasteiger partial charge in [0, 0.05) is 43.1 Å². The number of fused-ring (bicyclic) bond motifs is 1. The normalized spacial score (nSPS) is 15.2. The van der Waals surface area contributed by atoms with Crippen molar-refractivity contribution in [3.63, 3.8) is 0 Å². The molecule has 2 aliphatic heterocycles. The minimum Gasteiger partial charge on any atom is -0.468 e. The molecule has 0 spiro atoms. The smallest absolute Gasteiger partial charge is 0.253 e. The topological polar surface area (TPSA) is 93.9 Å². The Morgan fingerprint density at radius 2 is 1.97 bits per heavy atom. The maximum atomic E-state index is 13.0. The number of nitrogens with zero attached hydrogens (tertiary/aromatic N) is 2. The van der Waals surface area contributed by atoms with Crippen LogP contribution in [0.1, 0.15) is 51.8 Å². The predicted octanol–water partition coefficient (Wildman–Crippen LogP) is 4.79. The van der Waals surface area contributed by atoms with Gasteiger partial charge >= 0.3 is 0 Å². The molecule has 2 aromatic heterocycles. The summed E-state index contributed by atoms with van der Waals surface area (Å²) in [6, 6.07) is 13.2. The highest BCUT2D eigenvalue weighted by molar-refractivity contribution is 7.98. The summed E-state index contributed by atoms with van der Waals surface area (Å²) < 4.78 is 16.1. The molecule has 2 amide bonds. The van der Waals surface area contributed by atoms with Gasteiger partial charge in [0.05, 0.1) is 23.3 Å². The highest BCUT2D eigenvalue weighted by Gasteiger charge is 2.27. The highest BCUT2D eigenvalue weighted by atomic mass is 32.2. The van der Waals surface area contributed by atoms with E-state index < -0.39 is 0 Å². The van der Waals surface area contributed by atoms with E-state index >= 15 is 0 Å². The fraction of sp³-hybridized carbons (Fsp3) is 0.345. The average Bonchev–Trinajstić information content (AvgIpc) is 3.63. The first kappa shape index (κ1) is 25.9.